The van der Waals surface area contributed by atoms with E-state index in [1.165, 1.54) is 7.11 Å². The van der Waals surface area contributed by atoms with Gasteiger partial charge in [0.05, 0.1) is 7.11 Å². The van der Waals surface area contributed by atoms with Crippen LogP contribution in [0.5, 0.6) is 11.5 Å². The monoisotopic (exact) mass is 212 g/mol. The molecule has 0 bridgehead atoms. The number of phenolic OH excluding ortho intramolecular Hbond substituents is 1. The van der Waals surface area contributed by atoms with Gasteiger partial charge in [0, 0.05) is 19.8 Å². The quantitative estimate of drug-likeness (QED) is 0.774. The predicted molar refractivity (Wildman–Crippen MR) is 56.0 cm³/mol. The van der Waals surface area contributed by atoms with Crippen LogP contribution in [0.25, 0.3) is 0 Å². The Bertz CT molecular complexity index is 331. The minimum absolute atomic E-state index is 0.0933. The molecule has 0 saturated carbocycles. The molecule has 0 fully saturated rings. The van der Waals surface area contributed by atoms with Crippen molar-refractivity contribution < 1.29 is 19.3 Å². The summed E-state index contributed by atoms with van der Waals surface area (Å²) in [5.41, 5.74) is 0.780. The lowest BCUT2D eigenvalue weighted by Gasteiger charge is -2.27. The van der Waals surface area contributed by atoms with E-state index in [-0.39, 0.29) is 5.75 Å². The zero-order valence-electron chi connectivity index (χ0n) is 9.40. The number of methoxy groups -OCH3 is 3. The van der Waals surface area contributed by atoms with Crippen molar-refractivity contribution in [1.82, 2.24) is 0 Å². The van der Waals surface area contributed by atoms with Gasteiger partial charge in [0.15, 0.2) is 17.3 Å². The molecule has 15 heavy (non-hydrogen) atoms. The van der Waals surface area contributed by atoms with Gasteiger partial charge in [0.25, 0.3) is 0 Å². The molecule has 0 saturated heterocycles. The lowest BCUT2D eigenvalue weighted by Crippen LogP contribution is -2.26. The lowest BCUT2D eigenvalue weighted by atomic mass is 10.1. The smallest absolute Gasteiger partial charge is 0.191 e. The largest absolute Gasteiger partial charge is 0.504 e. The second-order valence-electron chi connectivity index (χ2n) is 3.24. The van der Waals surface area contributed by atoms with Crippen molar-refractivity contribution in [3.8, 4) is 11.5 Å². The Balaban J connectivity index is 3.15. The number of hydrogen-bond donors (Lipinski definition) is 1. The maximum Gasteiger partial charge on any atom is 0.191 e. The number of hydrogen-bond acceptors (Lipinski definition) is 4. The molecule has 0 aliphatic carbocycles. The van der Waals surface area contributed by atoms with Crippen molar-refractivity contribution in [1.29, 1.82) is 0 Å². The van der Waals surface area contributed by atoms with Crippen LogP contribution >= 0.6 is 0 Å². The number of rotatable bonds is 4. The minimum Gasteiger partial charge on any atom is -0.504 e. The molecule has 1 aromatic carbocycles. The van der Waals surface area contributed by atoms with Crippen LogP contribution in [0.2, 0.25) is 0 Å². The van der Waals surface area contributed by atoms with E-state index in [0.29, 0.717) is 5.75 Å². The fourth-order valence-electron chi connectivity index (χ4n) is 1.28. The first-order valence-electron chi connectivity index (χ1n) is 4.55. The third-order valence-electron chi connectivity index (χ3n) is 2.48. The van der Waals surface area contributed by atoms with Crippen LogP contribution in [0.3, 0.4) is 0 Å². The first kappa shape index (κ1) is 11.8. The van der Waals surface area contributed by atoms with Crippen molar-refractivity contribution in [2.75, 3.05) is 21.3 Å². The van der Waals surface area contributed by atoms with Crippen molar-refractivity contribution in [2.24, 2.45) is 0 Å². The molecule has 1 N–H and O–H groups in total. The van der Waals surface area contributed by atoms with Gasteiger partial charge in [-0.15, -0.1) is 0 Å². The summed E-state index contributed by atoms with van der Waals surface area (Å²) in [5, 5.41) is 9.44. The predicted octanol–water partition coefficient (Wildman–Crippen LogP) is 1.87. The number of benzene rings is 1. The van der Waals surface area contributed by atoms with Gasteiger partial charge < -0.3 is 19.3 Å². The van der Waals surface area contributed by atoms with E-state index >= 15 is 0 Å². The molecule has 1 rings (SSSR count). The molecule has 0 unspecified atom stereocenters. The second-order valence-corrected chi connectivity index (χ2v) is 3.24. The average molecular weight is 212 g/mol. The molecule has 1 aromatic rings. The third kappa shape index (κ3) is 2.22. The number of phenols is 1. The van der Waals surface area contributed by atoms with E-state index in [0.717, 1.165) is 5.56 Å². The van der Waals surface area contributed by atoms with Crippen LogP contribution in [0.15, 0.2) is 18.2 Å². The zero-order valence-corrected chi connectivity index (χ0v) is 9.40. The fraction of sp³-hybridized carbons (Fsp3) is 0.455. The van der Waals surface area contributed by atoms with Crippen molar-refractivity contribution in [2.45, 2.75) is 12.7 Å². The Labute approximate surface area is 89.4 Å². The molecule has 0 heterocycles. The van der Waals surface area contributed by atoms with Gasteiger partial charge in [-0.2, -0.15) is 0 Å². The van der Waals surface area contributed by atoms with Crippen LogP contribution in [-0.4, -0.2) is 26.4 Å². The molecule has 0 aliphatic heterocycles. The van der Waals surface area contributed by atoms with E-state index in [9.17, 15) is 5.11 Å². The molecule has 0 radical (unpaired) electrons. The SMILES string of the molecule is COc1cc(C(C)(OC)OC)ccc1O. The van der Waals surface area contributed by atoms with Crippen LogP contribution in [0.4, 0.5) is 0 Å². The minimum atomic E-state index is -0.832. The Morgan fingerprint density at radius 3 is 2.20 bits per heavy atom. The maximum absolute atomic E-state index is 9.44. The van der Waals surface area contributed by atoms with Gasteiger partial charge in [-0.1, -0.05) is 0 Å². The average Bonchev–Trinajstić information content (AvgIpc) is 2.28. The van der Waals surface area contributed by atoms with Crippen LogP contribution in [0.1, 0.15) is 12.5 Å². The first-order valence-corrected chi connectivity index (χ1v) is 4.55. The molecule has 0 atom stereocenters. The second kappa shape index (κ2) is 4.51. The van der Waals surface area contributed by atoms with Gasteiger partial charge in [0.1, 0.15) is 0 Å². The number of ether oxygens (including phenoxy) is 3. The van der Waals surface area contributed by atoms with E-state index in [1.54, 1.807) is 39.3 Å². The Morgan fingerprint density at radius 1 is 1.13 bits per heavy atom. The highest BCUT2D eigenvalue weighted by Crippen LogP contribution is 2.33. The summed E-state index contributed by atoms with van der Waals surface area (Å²) in [4.78, 5) is 0. The number of aromatic hydroxyl groups is 1. The highest BCUT2D eigenvalue weighted by molar-refractivity contribution is 5.42. The molecule has 0 aromatic heterocycles. The van der Waals surface area contributed by atoms with Gasteiger partial charge in [-0.05, 0) is 25.1 Å². The van der Waals surface area contributed by atoms with Crippen molar-refractivity contribution in [3.63, 3.8) is 0 Å². The summed E-state index contributed by atoms with van der Waals surface area (Å²) >= 11 is 0. The summed E-state index contributed by atoms with van der Waals surface area (Å²) in [6.07, 6.45) is 0. The molecule has 4 nitrogen and oxygen atoms in total. The highest BCUT2D eigenvalue weighted by atomic mass is 16.7. The molecule has 84 valence electrons. The van der Waals surface area contributed by atoms with Gasteiger partial charge in [0.2, 0.25) is 0 Å². The Morgan fingerprint density at radius 2 is 1.73 bits per heavy atom. The molecule has 0 aliphatic rings. The topological polar surface area (TPSA) is 47.9 Å². The summed E-state index contributed by atoms with van der Waals surface area (Å²) in [6.45, 7) is 1.79. The van der Waals surface area contributed by atoms with Gasteiger partial charge >= 0.3 is 0 Å². The molecule has 0 spiro atoms. The summed E-state index contributed by atoms with van der Waals surface area (Å²) in [5.74, 6) is -0.343. The summed E-state index contributed by atoms with van der Waals surface area (Å²) in [7, 11) is 4.61. The van der Waals surface area contributed by atoms with Crippen LogP contribution < -0.4 is 4.74 Å². The first-order chi connectivity index (χ1) is 7.07. The van der Waals surface area contributed by atoms with E-state index in [1.807, 2.05) is 0 Å². The fourth-order valence-corrected chi connectivity index (χ4v) is 1.28. The summed E-state index contributed by atoms with van der Waals surface area (Å²) < 4.78 is 15.5. The van der Waals surface area contributed by atoms with Crippen molar-refractivity contribution in [3.05, 3.63) is 23.8 Å². The molecular formula is C11H16O4. The van der Waals surface area contributed by atoms with Crippen LogP contribution in [-0.2, 0) is 15.3 Å². The summed E-state index contributed by atoms with van der Waals surface area (Å²) in [6, 6.07) is 4.96. The highest BCUT2D eigenvalue weighted by Gasteiger charge is 2.26. The van der Waals surface area contributed by atoms with E-state index in [2.05, 4.69) is 0 Å². The standard InChI is InChI=1S/C11H16O4/c1-11(14-3,15-4)8-5-6-9(12)10(7-8)13-2/h5-7,12H,1-4H3. The zero-order chi connectivity index (χ0) is 11.5. The Kier molecular flexibility index (Phi) is 3.55. The van der Waals surface area contributed by atoms with Crippen LogP contribution in [0, 0.1) is 0 Å². The lowest BCUT2D eigenvalue weighted by molar-refractivity contribution is -0.201. The maximum atomic E-state index is 9.44. The van der Waals surface area contributed by atoms with E-state index < -0.39 is 5.79 Å². The molecular weight excluding hydrogens is 196 g/mol. The normalized spacial score (nSPS) is 11.5. The molecule has 4 heteroatoms. The third-order valence-corrected chi connectivity index (χ3v) is 2.48. The van der Waals surface area contributed by atoms with Gasteiger partial charge in [-0.25, -0.2) is 0 Å². The Hall–Kier alpha value is -1.26. The van der Waals surface area contributed by atoms with Crippen molar-refractivity contribution >= 4 is 0 Å². The van der Waals surface area contributed by atoms with E-state index in [4.69, 9.17) is 14.2 Å². The van der Waals surface area contributed by atoms with Gasteiger partial charge in [-0.3, -0.25) is 0 Å². The molecule has 0 amide bonds.